The van der Waals surface area contributed by atoms with Crippen LogP contribution in [0.2, 0.25) is 0 Å². The molecule has 0 aromatic heterocycles. The Kier molecular flexibility index (Phi) is 4.35. The molecule has 23 heavy (non-hydrogen) atoms. The van der Waals surface area contributed by atoms with E-state index in [0.29, 0.717) is 11.6 Å². The van der Waals surface area contributed by atoms with Crippen LogP contribution in [0.5, 0.6) is 5.75 Å². The molecule has 0 bridgehead atoms. The van der Waals surface area contributed by atoms with Gasteiger partial charge in [-0.1, -0.05) is 12.1 Å². The molecule has 0 atom stereocenters. The van der Waals surface area contributed by atoms with Gasteiger partial charge in [-0.2, -0.15) is 13.2 Å². The summed E-state index contributed by atoms with van der Waals surface area (Å²) in [5, 5.41) is 10.9. The summed E-state index contributed by atoms with van der Waals surface area (Å²) >= 11 is 0. The maximum Gasteiger partial charge on any atom is 0.416 e. The van der Waals surface area contributed by atoms with Gasteiger partial charge in [0, 0.05) is 6.07 Å². The molecule has 120 valence electrons. The molecule has 0 spiro atoms. The largest absolute Gasteiger partial charge is 0.416 e. The second kappa shape index (κ2) is 6.07. The van der Waals surface area contributed by atoms with E-state index in [2.05, 4.69) is 0 Å². The van der Waals surface area contributed by atoms with Crippen LogP contribution in [0.4, 0.5) is 18.9 Å². The van der Waals surface area contributed by atoms with E-state index in [0.717, 1.165) is 24.3 Å². The van der Waals surface area contributed by atoms with Crippen LogP contribution in [-0.4, -0.2) is 10.9 Å². The third-order valence-electron chi connectivity index (χ3n) is 2.94. The van der Waals surface area contributed by atoms with E-state index in [1.54, 1.807) is 6.92 Å². The van der Waals surface area contributed by atoms with E-state index in [1.807, 2.05) is 0 Å². The molecular formula is C15H10F3NO4. The number of esters is 1. The standard InChI is InChI=1S/C15H10F3NO4/c1-9-5-6-12(19(21)22)13(7-9)23-14(20)10-3-2-4-11(8-10)15(16,17)18/h2-8H,1H3. The molecule has 2 aromatic carbocycles. The summed E-state index contributed by atoms with van der Waals surface area (Å²) in [6.07, 6.45) is -4.61. The van der Waals surface area contributed by atoms with Crippen LogP contribution in [0.15, 0.2) is 42.5 Å². The van der Waals surface area contributed by atoms with Crippen LogP contribution in [0.1, 0.15) is 21.5 Å². The number of aryl methyl sites for hydroxylation is 1. The van der Waals surface area contributed by atoms with Crippen LogP contribution < -0.4 is 4.74 Å². The van der Waals surface area contributed by atoms with Crippen LogP contribution in [0, 0.1) is 17.0 Å². The number of benzene rings is 2. The molecule has 0 saturated carbocycles. The zero-order valence-corrected chi connectivity index (χ0v) is 11.8. The summed E-state index contributed by atoms with van der Waals surface area (Å²) in [4.78, 5) is 22.1. The maximum atomic E-state index is 12.6. The van der Waals surface area contributed by atoms with E-state index in [1.165, 1.54) is 12.1 Å². The number of carbonyl (C=O) groups is 1. The Labute approximate surface area is 128 Å². The van der Waals surface area contributed by atoms with E-state index < -0.39 is 28.3 Å². The Morgan fingerprint density at radius 2 is 1.87 bits per heavy atom. The van der Waals surface area contributed by atoms with Crippen molar-refractivity contribution in [1.29, 1.82) is 0 Å². The van der Waals surface area contributed by atoms with Crippen molar-refractivity contribution >= 4 is 11.7 Å². The number of carbonyl (C=O) groups excluding carboxylic acids is 1. The molecule has 0 aliphatic heterocycles. The number of nitro benzene ring substituents is 1. The molecule has 0 amide bonds. The van der Waals surface area contributed by atoms with Crippen molar-refractivity contribution in [2.45, 2.75) is 13.1 Å². The maximum absolute atomic E-state index is 12.6. The summed E-state index contributed by atoms with van der Waals surface area (Å²) in [6, 6.07) is 7.52. The number of nitro groups is 1. The van der Waals surface area contributed by atoms with Crippen molar-refractivity contribution in [1.82, 2.24) is 0 Å². The van der Waals surface area contributed by atoms with Crippen molar-refractivity contribution in [3.8, 4) is 5.75 Å². The lowest BCUT2D eigenvalue weighted by Crippen LogP contribution is -2.12. The quantitative estimate of drug-likeness (QED) is 0.368. The van der Waals surface area contributed by atoms with E-state index in [4.69, 9.17) is 4.74 Å². The Morgan fingerprint density at radius 3 is 2.48 bits per heavy atom. The molecule has 8 heteroatoms. The highest BCUT2D eigenvalue weighted by Crippen LogP contribution is 2.31. The van der Waals surface area contributed by atoms with Gasteiger partial charge in [-0.05, 0) is 36.8 Å². The molecular weight excluding hydrogens is 315 g/mol. The Hall–Kier alpha value is -2.90. The SMILES string of the molecule is Cc1ccc([N+](=O)[O-])c(OC(=O)c2cccc(C(F)(F)F)c2)c1. The minimum Gasteiger partial charge on any atom is -0.416 e. The third kappa shape index (κ3) is 3.85. The minimum absolute atomic E-state index is 0.322. The van der Waals surface area contributed by atoms with Crippen LogP contribution >= 0.6 is 0 Å². The van der Waals surface area contributed by atoms with Crippen LogP contribution in [0.25, 0.3) is 0 Å². The predicted molar refractivity (Wildman–Crippen MR) is 74.2 cm³/mol. The molecule has 2 rings (SSSR count). The highest BCUT2D eigenvalue weighted by atomic mass is 19.4. The van der Waals surface area contributed by atoms with Gasteiger partial charge in [-0.25, -0.2) is 4.79 Å². The summed E-state index contributed by atoms with van der Waals surface area (Å²) in [5.74, 6) is -1.43. The fourth-order valence-corrected chi connectivity index (χ4v) is 1.84. The van der Waals surface area contributed by atoms with E-state index in [9.17, 15) is 28.1 Å². The summed E-state index contributed by atoms with van der Waals surface area (Å²) in [6.45, 7) is 1.63. The molecule has 0 fully saturated rings. The summed E-state index contributed by atoms with van der Waals surface area (Å²) in [5.41, 5.74) is -1.21. The van der Waals surface area contributed by atoms with Crippen molar-refractivity contribution in [3.63, 3.8) is 0 Å². The fraction of sp³-hybridized carbons (Fsp3) is 0.133. The normalized spacial score (nSPS) is 11.1. The second-order valence-corrected chi connectivity index (χ2v) is 4.70. The van der Waals surface area contributed by atoms with Gasteiger partial charge in [0.1, 0.15) is 0 Å². The van der Waals surface area contributed by atoms with Crippen molar-refractivity contribution < 1.29 is 27.6 Å². The van der Waals surface area contributed by atoms with Gasteiger partial charge < -0.3 is 4.74 Å². The number of hydrogen-bond donors (Lipinski definition) is 0. The van der Waals surface area contributed by atoms with Gasteiger partial charge in [-0.15, -0.1) is 0 Å². The molecule has 0 heterocycles. The average Bonchev–Trinajstić information content (AvgIpc) is 2.46. The zero-order valence-electron chi connectivity index (χ0n) is 11.8. The first-order valence-electron chi connectivity index (χ1n) is 6.33. The number of ether oxygens (including phenoxy) is 1. The smallest absolute Gasteiger partial charge is 0.416 e. The third-order valence-corrected chi connectivity index (χ3v) is 2.94. The summed E-state index contributed by atoms with van der Waals surface area (Å²) in [7, 11) is 0. The molecule has 0 saturated heterocycles. The van der Waals surface area contributed by atoms with Gasteiger partial charge >= 0.3 is 17.8 Å². The predicted octanol–water partition coefficient (Wildman–Crippen LogP) is 4.14. The molecule has 0 aliphatic rings. The van der Waals surface area contributed by atoms with Crippen molar-refractivity contribution in [3.05, 3.63) is 69.3 Å². The van der Waals surface area contributed by atoms with Gasteiger partial charge in [-0.3, -0.25) is 10.1 Å². The molecule has 0 unspecified atom stereocenters. The minimum atomic E-state index is -4.61. The Bertz CT molecular complexity index is 772. The molecule has 0 radical (unpaired) electrons. The molecule has 5 nitrogen and oxygen atoms in total. The monoisotopic (exact) mass is 325 g/mol. The van der Waals surface area contributed by atoms with Gasteiger partial charge in [0.15, 0.2) is 0 Å². The highest BCUT2D eigenvalue weighted by Gasteiger charge is 2.31. The molecule has 0 aliphatic carbocycles. The van der Waals surface area contributed by atoms with Gasteiger partial charge in [0.25, 0.3) is 0 Å². The lowest BCUT2D eigenvalue weighted by atomic mass is 10.1. The highest BCUT2D eigenvalue weighted by molar-refractivity contribution is 5.91. The van der Waals surface area contributed by atoms with E-state index in [-0.39, 0.29) is 11.3 Å². The Morgan fingerprint density at radius 1 is 1.17 bits per heavy atom. The van der Waals surface area contributed by atoms with Gasteiger partial charge in [0.05, 0.1) is 16.1 Å². The number of rotatable bonds is 3. The average molecular weight is 325 g/mol. The lowest BCUT2D eigenvalue weighted by molar-refractivity contribution is -0.385. The van der Waals surface area contributed by atoms with Gasteiger partial charge in [0.2, 0.25) is 5.75 Å². The molecule has 0 N–H and O–H groups in total. The van der Waals surface area contributed by atoms with Crippen LogP contribution in [0.3, 0.4) is 0 Å². The first-order chi connectivity index (χ1) is 10.7. The number of alkyl halides is 3. The van der Waals surface area contributed by atoms with E-state index >= 15 is 0 Å². The molecule has 2 aromatic rings. The van der Waals surface area contributed by atoms with Crippen LogP contribution in [-0.2, 0) is 6.18 Å². The summed E-state index contributed by atoms with van der Waals surface area (Å²) < 4.78 is 42.8. The second-order valence-electron chi connectivity index (χ2n) is 4.70. The zero-order chi connectivity index (χ0) is 17.2. The number of halogens is 3. The topological polar surface area (TPSA) is 69.4 Å². The lowest BCUT2D eigenvalue weighted by Gasteiger charge is -2.09. The van der Waals surface area contributed by atoms with Crippen molar-refractivity contribution in [2.75, 3.05) is 0 Å². The number of nitrogens with zero attached hydrogens (tertiary/aromatic N) is 1. The Balaban J connectivity index is 2.33. The first-order valence-corrected chi connectivity index (χ1v) is 6.33. The number of hydrogen-bond acceptors (Lipinski definition) is 4. The van der Waals surface area contributed by atoms with Crippen molar-refractivity contribution in [2.24, 2.45) is 0 Å². The fourth-order valence-electron chi connectivity index (χ4n) is 1.84. The first kappa shape index (κ1) is 16.5.